The van der Waals surface area contributed by atoms with E-state index in [0.717, 1.165) is 4.70 Å². The lowest BCUT2D eigenvalue weighted by Crippen LogP contribution is -2.43. The van der Waals surface area contributed by atoms with Crippen molar-refractivity contribution in [3.8, 4) is 5.75 Å². The number of ether oxygens (including phenoxy) is 2. The number of sulfonamides is 1. The Morgan fingerprint density at radius 2 is 1.81 bits per heavy atom. The van der Waals surface area contributed by atoms with Gasteiger partial charge in [-0.15, -0.1) is 11.3 Å². The molecule has 8 nitrogen and oxygen atoms in total. The second-order valence-electron chi connectivity index (χ2n) is 7.23. The summed E-state index contributed by atoms with van der Waals surface area (Å²) in [6.45, 7) is 0.237. The molecule has 1 N–H and O–H groups in total. The zero-order valence-corrected chi connectivity index (χ0v) is 19.2. The smallest absolute Gasteiger partial charge is 0.350 e. The largest absolute Gasteiger partial charge is 0.497 e. The first kappa shape index (κ1) is 22.3. The third-order valence-electron chi connectivity index (χ3n) is 5.39. The third kappa shape index (κ3) is 3.96. The van der Waals surface area contributed by atoms with Crippen LogP contribution < -0.4 is 10.1 Å². The van der Waals surface area contributed by atoms with Crippen molar-refractivity contribution in [3.05, 3.63) is 53.4 Å². The Kier molecular flexibility index (Phi) is 6.18. The molecule has 0 saturated carbocycles. The van der Waals surface area contributed by atoms with Gasteiger partial charge in [0.25, 0.3) is 0 Å². The molecule has 2 aromatic carbocycles. The van der Waals surface area contributed by atoms with Crippen molar-refractivity contribution < 1.29 is 27.5 Å². The highest BCUT2D eigenvalue weighted by atomic mass is 32.2. The van der Waals surface area contributed by atoms with Gasteiger partial charge in [0.15, 0.2) is 0 Å². The van der Waals surface area contributed by atoms with Gasteiger partial charge in [-0.05, 0) is 43.2 Å². The third-order valence-corrected chi connectivity index (χ3v) is 8.46. The molecule has 0 spiro atoms. The van der Waals surface area contributed by atoms with Crippen LogP contribution in [0.5, 0.6) is 5.75 Å². The first-order valence-electron chi connectivity index (χ1n) is 9.93. The average molecular weight is 475 g/mol. The summed E-state index contributed by atoms with van der Waals surface area (Å²) in [7, 11) is -1.11. The molecule has 1 aliphatic rings. The molecule has 0 radical (unpaired) electrons. The summed E-state index contributed by atoms with van der Waals surface area (Å²) in [4.78, 5) is 25.9. The van der Waals surface area contributed by atoms with Crippen molar-refractivity contribution in [1.82, 2.24) is 4.31 Å². The van der Waals surface area contributed by atoms with Crippen LogP contribution >= 0.6 is 11.3 Å². The van der Waals surface area contributed by atoms with Crippen molar-refractivity contribution in [2.75, 3.05) is 26.1 Å². The molecule has 1 atom stereocenters. The second-order valence-corrected chi connectivity index (χ2v) is 10.2. The fourth-order valence-electron chi connectivity index (χ4n) is 3.79. The van der Waals surface area contributed by atoms with E-state index in [9.17, 15) is 18.0 Å². The van der Waals surface area contributed by atoms with Gasteiger partial charge in [0.1, 0.15) is 16.7 Å². The van der Waals surface area contributed by atoms with Crippen molar-refractivity contribution in [2.45, 2.75) is 23.8 Å². The van der Waals surface area contributed by atoms with E-state index in [4.69, 9.17) is 9.47 Å². The Balaban J connectivity index is 1.64. The number of nitrogens with zero attached hydrogens (tertiary/aromatic N) is 1. The normalized spacial score (nSPS) is 16.8. The van der Waals surface area contributed by atoms with Gasteiger partial charge in [0, 0.05) is 16.6 Å². The number of carbonyl (C=O) groups excluding carboxylic acids is 2. The second kappa shape index (κ2) is 8.89. The van der Waals surface area contributed by atoms with Gasteiger partial charge in [-0.25, -0.2) is 13.2 Å². The van der Waals surface area contributed by atoms with Crippen molar-refractivity contribution >= 4 is 49.0 Å². The minimum absolute atomic E-state index is 0.0919. The molecule has 32 heavy (non-hydrogen) atoms. The fourth-order valence-corrected chi connectivity index (χ4v) is 6.52. The highest BCUT2D eigenvalue weighted by Crippen LogP contribution is 2.37. The summed E-state index contributed by atoms with van der Waals surface area (Å²) in [5.41, 5.74) is 0.344. The van der Waals surface area contributed by atoms with E-state index < -0.39 is 27.9 Å². The molecule has 10 heteroatoms. The Hall–Kier alpha value is -2.95. The van der Waals surface area contributed by atoms with E-state index in [-0.39, 0.29) is 16.3 Å². The maximum Gasteiger partial charge on any atom is 0.350 e. The number of nitrogens with one attached hydrogen (secondary N) is 1. The number of benzene rings is 2. The number of esters is 1. The minimum Gasteiger partial charge on any atom is -0.497 e. The molecular formula is C22H22N2O6S2. The van der Waals surface area contributed by atoms with E-state index in [0.29, 0.717) is 29.7 Å². The van der Waals surface area contributed by atoms with Crippen molar-refractivity contribution in [1.29, 1.82) is 0 Å². The number of hydrogen-bond donors (Lipinski definition) is 1. The molecule has 1 saturated heterocycles. The molecular weight excluding hydrogens is 452 g/mol. The van der Waals surface area contributed by atoms with Crippen LogP contribution in [0.25, 0.3) is 10.1 Å². The van der Waals surface area contributed by atoms with E-state index >= 15 is 0 Å². The number of methoxy groups -OCH3 is 2. The maximum atomic E-state index is 13.2. The Morgan fingerprint density at radius 3 is 2.50 bits per heavy atom. The lowest BCUT2D eigenvalue weighted by atomic mass is 10.2. The van der Waals surface area contributed by atoms with Crippen molar-refractivity contribution in [3.63, 3.8) is 0 Å². The summed E-state index contributed by atoms with van der Waals surface area (Å²) in [6, 6.07) is 12.5. The van der Waals surface area contributed by atoms with Crippen LogP contribution in [0.2, 0.25) is 0 Å². The standard InChI is InChI=1S/C22H22N2O6S2/c1-29-14-9-11-15(12-10-14)32(27,28)24-13-5-7-17(24)21(25)23-19-16-6-3-4-8-18(16)31-20(19)22(26)30-2/h3-4,6,8-12,17H,5,7,13H2,1-2H3,(H,23,25). The molecule has 1 fully saturated rings. The van der Waals surface area contributed by atoms with Crippen molar-refractivity contribution in [2.24, 2.45) is 0 Å². The molecule has 1 aromatic heterocycles. The van der Waals surface area contributed by atoms with Gasteiger partial charge >= 0.3 is 5.97 Å². The first-order chi connectivity index (χ1) is 15.4. The molecule has 1 aliphatic heterocycles. The zero-order valence-electron chi connectivity index (χ0n) is 17.5. The molecule has 1 unspecified atom stereocenters. The average Bonchev–Trinajstić information content (AvgIpc) is 3.45. The van der Waals surface area contributed by atoms with Crippen LogP contribution in [0, 0.1) is 0 Å². The molecule has 4 rings (SSSR count). The lowest BCUT2D eigenvalue weighted by molar-refractivity contribution is -0.119. The number of thiophene rings is 1. The summed E-state index contributed by atoms with van der Waals surface area (Å²) in [5.74, 6) is -0.497. The Labute approximate surface area is 189 Å². The zero-order chi connectivity index (χ0) is 22.9. The van der Waals surface area contributed by atoms with Gasteiger partial charge in [-0.2, -0.15) is 4.31 Å². The van der Waals surface area contributed by atoms with E-state index in [2.05, 4.69) is 5.32 Å². The number of hydrogen-bond acceptors (Lipinski definition) is 7. The summed E-state index contributed by atoms with van der Waals surface area (Å²) < 4.78 is 38.4. The minimum atomic E-state index is -3.88. The monoisotopic (exact) mass is 474 g/mol. The molecule has 3 aromatic rings. The van der Waals surface area contributed by atoms with Crippen LogP contribution in [0.15, 0.2) is 53.4 Å². The number of anilines is 1. The van der Waals surface area contributed by atoms with Gasteiger partial charge < -0.3 is 14.8 Å². The molecule has 168 valence electrons. The molecule has 1 amide bonds. The Bertz CT molecular complexity index is 1270. The van der Waals surface area contributed by atoms with E-state index in [1.807, 2.05) is 18.2 Å². The summed E-state index contributed by atoms with van der Waals surface area (Å²) in [6.07, 6.45) is 0.943. The first-order valence-corrected chi connectivity index (χ1v) is 12.2. The molecule has 0 aliphatic carbocycles. The molecule has 0 bridgehead atoms. The SMILES string of the molecule is COC(=O)c1sc2ccccc2c1NC(=O)C1CCCN1S(=O)(=O)c1ccc(OC)cc1. The number of amides is 1. The summed E-state index contributed by atoms with van der Waals surface area (Å²) >= 11 is 1.21. The van der Waals surface area contributed by atoms with Gasteiger partial charge in [-0.1, -0.05) is 18.2 Å². The number of carbonyl (C=O) groups is 2. The maximum absolute atomic E-state index is 13.2. The highest BCUT2D eigenvalue weighted by Gasteiger charge is 2.40. The summed E-state index contributed by atoms with van der Waals surface area (Å²) in [5, 5.41) is 3.51. The molecule has 2 heterocycles. The van der Waals surface area contributed by atoms with Crippen LogP contribution in [0.4, 0.5) is 5.69 Å². The Morgan fingerprint density at radius 1 is 1.09 bits per heavy atom. The van der Waals surface area contributed by atoms with Crippen LogP contribution in [0.3, 0.4) is 0 Å². The predicted octanol–water partition coefficient (Wildman–Crippen LogP) is 3.49. The highest BCUT2D eigenvalue weighted by molar-refractivity contribution is 7.89. The fraction of sp³-hybridized carbons (Fsp3) is 0.273. The van der Waals surface area contributed by atoms with Crippen LogP contribution in [0.1, 0.15) is 22.5 Å². The predicted molar refractivity (Wildman–Crippen MR) is 122 cm³/mol. The van der Waals surface area contributed by atoms with Gasteiger partial charge in [-0.3, -0.25) is 4.79 Å². The topological polar surface area (TPSA) is 102 Å². The number of fused-ring (bicyclic) bond motifs is 1. The van der Waals surface area contributed by atoms with E-state index in [1.165, 1.54) is 42.0 Å². The number of rotatable bonds is 6. The van der Waals surface area contributed by atoms with E-state index in [1.54, 1.807) is 18.2 Å². The van der Waals surface area contributed by atoms with Gasteiger partial charge in [0.2, 0.25) is 15.9 Å². The lowest BCUT2D eigenvalue weighted by Gasteiger charge is -2.23. The quantitative estimate of drug-likeness (QED) is 0.549. The van der Waals surface area contributed by atoms with Gasteiger partial charge in [0.05, 0.1) is 24.8 Å². The van der Waals surface area contributed by atoms with Crippen LogP contribution in [-0.4, -0.2) is 51.4 Å². The van der Waals surface area contributed by atoms with Crippen LogP contribution in [-0.2, 0) is 19.6 Å².